The summed E-state index contributed by atoms with van der Waals surface area (Å²) in [6.07, 6.45) is 1.50. The van der Waals surface area contributed by atoms with E-state index in [0.717, 1.165) is 25.1 Å². The molecule has 1 aromatic carbocycles. The first kappa shape index (κ1) is 16.0. The van der Waals surface area contributed by atoms with Gasteiger partial charge in [0.2, 0.25) is 0 Å². The molecule has 0 aliphatic carbocycles. The molecule has 0 spiro atoms. The van der Waals surface area contributed by atoms with Crippen molar-refractivity contribution in [3.63, 3.8) is 0 Å². The van der Waals surface area contributed by atoms with Gasteiger partial charge in [-0.05, 0) is 37.1 Å². The Bertz CT molecular complexity index is 382. The average Bonchev–Trinajstić information content (AvgIpc) is 2.44. The van der Waals surface area contributed by atoms with Crippen molar-refractivity contribution >= 4 is 0 Å². The molecule has 19 heavy (non-hydrogen) atoms. The maximum absolute atomic E-state index is 9.49. The molecule has 0 bridgehead atoms. The van der Waals surface area contributed by atoms with E-state index >= 15 is 0 Å². The van der Waals surface area contributed by atoms with Gasteiger partial charge in [-0.2, -0.15) is 0 Å². The summed E-state index contributed by atoms with van der Waals surface area (Å²) in [6.45, 7) is 3.97. The predicted molar refractivity (Wildman–Crippen MR) is 78.6 cm³/mol. The molecule has 0 aliphatic heterocycles. The summed E-state index contributed by atoms with van der Waals surface area (Å²) in [5, 5.41) is 9.49. The number of rotatable bonds is 8. The summed E-state index contributed by atoms with van der Waals surface area (Å²) in [7, 11) is 3.71. The highest BCUT2D eigenvalue weighted by atomic mass is 16.5. The lowest BCUT2D eigenvalue weighted by Gasteiger charge is -2.19. The second-order valence-corrected chi connectivity index (χ2v) is 4.90. The fourth-order valence-electron chi connectivity index (χ4n) is 2.11. The first-order chi connectivity index (χ1) is 9.10. The van der Waals surface area contributed by atoms with Gasteiger partial charge in [0, 0.05) is 19.6 Å². The third-order valence-electron chi connectivity index (χ3n) is 3.30. The second-order valence-electron chi connectivity index (χ2n) is 4.90. The van der Waals surface area contributed by atoms with E-state index in [4.69, 9.17) is 10.5 Å². The van der Waals surface area contributed by atoms with E-state index in [1.165, 1.54) is 11.1 Å². The van der Waals surface area contributed by atoms with E-state index < -0.39 is 6.10 Å². The van der Waals surface area contributed by atoms with Crippen LogP contribution in [-0.4, -0.2) is 49.9 Å². The lowest BCUT2D eigenvalue weighted by atomic mass is 10.0. The lowest BCUT2D eigenvalue weighted by Crippen LogP contribution is -2.35. The molecule has 3 N–H and O–H groups in total. The Labute approximate surface area is 116 Å². The Morgan fingerprint density at radius 2 is 2.16 bits per heavy atom. The van der Waals surface area contributed by atoms with Crippen molar-refractivity contribution < 1.29 is 9.84 Å². The summed E-state index contributed by atoms with van der Waals surface area (Å²) in [6, 6.07) is 6.33. The van der Waals surface area contributed by atoms with Crippen LogP contribution < -0.4 is 10.5 Å². The Hall–Kier alpha value is -1.10. The number of nitrogens with zero attached hydrogens (tertiary/aromatic N) is 1. The van der Waals surface area contributed by atoms with Crippen LogP contribution >= 0.6 is 0 Å². The monoisotopic (exact) mass is 266 g/mol. The Morgan fingerprint density at radius 1 is 1.42 bits per heavy atom. The van der Waals surface area contributed by atoms with Gasteiger partial charge in [-0.1, -0.05) is 19.1 Å². The molecule has 0 radical (unpaired) electrons. The smallest absolute Gasteiger partial charge is 0.122 e. The highest BCUT2D eigenvalue weighted by Crippen LogP contribution is 2.20. The van der Waals surface area contributed by atoms with Crippen molar-refractivity contribution in [3.8, 4) is 5.75 Å². The van der Waals surface area contributed by atoms with Crippen molar-refractivity contribution in [2.75, 3.05) is 33.8 Å². The summed E-state index contributed by atoms with van der Waals surface area (Å²) in [4.78, 5) is 2.10. The highest BCUT2D eigenvalue weighted by Gasteiger charge is 2.07. The van der Waals surface area contributed by atoms with Gasteiger partial charge in [0.1, 0.15) is 5.75 Å². The molecular weight excluding hydrogens is 240 g/mol. The number of methoxy groups -OCH3 is 1. The first-order valence-electron chi connectivity index (χ1n) is 6.83. The van der Waals surface area contributed by atoms with E-state index in [1.54, 1.807) is 7.11 Å². The number of nitrogens with two attached hydrogens (primary N) is 1. The lowest BCUT2D eigenvalue weighted by molar-refractivity contribution is 0.133. The summed E-state index contributed by atoms with van der Waals surface area (Å²) >= 11 is 0. The van der Waals surface area contributed by atoms with Gasteiger partial charge in [0.15, 0.2) is 0 Å². The molecule has 0 fully saturated rings. The summed E-state index contributed by atoms with van der Waals surface area (Å²) < 4.78 is 5.33. The molecule has 0 amide bonds. The largest absolute Gasteiger partial charge is 0.496 e. The molecule has 4 heteroatoms. The van der Waals surface area contributed by atoms with E-state index in [-0.39, 0.29) is 0 Å². The van der Waals surface area contributed by atoms with Crippen molar-refractivity contribution in [1.82, 2.24) is 4.90 Å². The molecule has 1 aromatic rings. The van der Waals surface area contributed by atoms with Gasteiger partial charge in [-0.25, -0.2) is 0 Å². The van der Waals surface area contributed by atoms with Crippen LogP contribution in [0.4, 0.5) is 0 Å². The molecule has 1 atom stereocenters. The molecule has 0 saturated heterocycles. The van der Waals surface area contributed by atoms with Crippen LogP contribution in [0.2, 0.25) is 0 Å². The first-order valence-corrected chi connectivity index (χ1v) is 6.83. The van der Waals surface area contributed by atoms with Gasteiger partial charge >= 0.3 is 0 Å². The fraction of sp³-hybridized carbons (Fsp3) is 0.600. The quantitative estimate of drug-likeness (QED) is 0.738. The maximum atomic E-state index is 9.49. The van der Waals surface area contributed by atoms with Crippen molar-refractivity contribution in [3.05, 3.63) is 29.3 Å². The zero-order chi connectivity index (χ0) is 14.3. The molecule has 1 rings (SSSR count). The molecule has 0 aromatic heterocycles. The van der Waals surface area contributed by atoms with Crippen LogP contribution in [0.3, 0.4) is 0 Å². The number of aryl methyl sites for hydroxylation is 1. The number of hydrogen-bond acceptors (Lipinski definition) is 4. The topological polar surface area (TPSA) is 58.7 Å². The van der Waals surface area contributed by atoms with Crippen LogP contribution in [-0.2, 0) is 12.8 Å². The fourth-order valence-corrected chi connectivity index (χ4v) is 2.11. The summed E-state index contributed by atoms with van der Waals surface area (Å²) in [5.74, 6) is 0.957. The number of hydrogen-bond donors (Lipinski definition) is 2. The minimum absolute atomic E-state index is 0.312. The van der Waals surface area contributed by atoms with E-state index in [1.807, 2.05) is 13.1 Å². The molecule has 1 unspecified atom stereocenters. The third kappa shape index (κ3) is 5.19. The van der Waals surface area contributed by atoms with Crippen molar-refractivity contribution in [1.29, 1.82) is 0 Å². The van der Waals surface area contributed by atoms with Crippen LogP contribution in [0.25, 0.3) is 0 Å². The van der Waals surface area contributed by atoms with Gasteiger partial charge in [0.05, 0.1) is 13.2 Å². The van der Waals surface area contributed by atoms with Crippen LogP contribution in [0.1, 0.15) is 18.1 Å². The number of ether oxygens (including phenoxy) is 1. The van der Waals surface area contributed by atoms with E-state index in [9.17, 15) is 5.11 Å². The zero-order valence-electron chi connectivity index (χ0n) is 12.2. The van der Waals surface area contributed by atoms with Crippen LogP contribution in [0.5, 0.6) is 5.75 Å². The van der Waals surface area contributed by atoms with Gasteiger partial charge < -0.3 is 20.5 Å². The number of likely N-dealkylation sites (N-methyl/N-ethyl adjacent to an activating group) is 1. The Morgan fingerprint density at radius 3 is 2.74 bits per heavy atom. The SMILES string of the molecule is CCc1cc(CCN(C)CC(O)CN)ccc1OC. The van der Waals surface area contributed by atoms with Gasteiger partial charge in [-0.15, -0.1) is 0 Å². The average molecular weight is 266 g/mol. The molecule has 108 valence electrons. The van der Waals surface area contributed by atoms with Gasteiger partial charge in [-0.3, -0.25) is 0 Å². The number of aliphatic hydroxyl groups is 1. The van der Waals surface area contributed by atoms with Crippen LogP contribution in [0, 0.1) is 0 Å². The van der Waals surface area contributed by atoms with E-state index in [0.29, 0.717) is 13.1 Å². The van der Waals surface area contributed by atoms with Crippen molar-refractivity contribution in [2.24, 2.45) is 5.73 Å². The van der Waals surface area contributed by atoms with Gasteiger partial charge in [0.25, 0.3) is 0 Å². The maximum Gasteiger partial charge on any atom is 0.122 e. The second kappa shape index (κ2) is 8.15. The normalized spacial score (nSPS) is 12.7. The predicted octanol–water partition coefficient (Wildman–Crippen LogP) is 1.05. The minimum Gasteiger partial charge on any atom is -0.496 e. The van der Waals surface area contributed by atoms with E-state index in [2.05, 4.69) is 24.0 Å². The molecular formula is C15H26N2O2. The standard InChI is InChI=1S/C15H26N2O2/c1-4-13-9-12(5-6-15(13)19-3)7-8-17(2)11-14(18)10-16/h5-6,9,14,18H,4,7-8,10-11,16H2,1-3H3. The third-order valence-corrected chi connectivity index (χ3v) is 3.30. The number of aliphatic hydroxyl groups excluding tert-OH is 1. The number of benzene rings is 1. The zero-order valence-corrected chi connectivity index (χ0v) is 12.2. The highest BCUT2D eigenvalue weighted by molar-refractivity contribution is 5.37. The molecule has 0 saturated carbocycles. The molecule has 4 nitrogen and oxygen atoms in total. The molecule has 0 aliphatic rings. The molecule has 0 heterocycles. The minimum atomic E-state index is -0.438. The van der Waals surface area contributed by atoms with Crippen molar-refractivity contribution in [2.45, 2.75) is 25.9 Å². The van der Waals surface area contributed by atoms with Crippen LogP contribution in [0.15, 0.2) is 18.2 Å². The Balaban J connectivity index is 2.53. The summed E-state index contributed by atoms with van der Waals surface area (Å²) in [5.41, 5.74) is 7.95. The Kier molecular flexibility index (Phi) is 6.84.